The molecule has 2 heterocycles. The maximum atomic E-state index is 12.8. The largest absolute Gasteiger partial charge is 0.349 e. The number of nitrogens with one attached hydrogen (secondary N) is 1. The summed E-state index contributed by atoms with van der Waals surface area (Å²) in [6.45, 7) is 2.81. The molecule has 25 heavy (non-hydrogen) atoms. The van der Waals surface area contributed by atoms with E-state index in [2.05, 4.69) is 12.2 Å². The number of hydrogen-bond donors (Lipinski definition) is 1. The van der Waals surface area contributed by atoms with Gasteiger partial charge in [0.1, 0.15) is 5.82 Å². The molecule has 1 aliphatic carbocycles. The predicted molar refractivity (Wildman–Crippen MR) is 97.8 cm³/mol. The van der Waals surface area contributed by atoms with Gasteiger partial charge in [-0.3, -0.25) is 14.2 Å². The lowest BCUT2D eigenvalue weighted by Crippen LogP contribution is -2.34. The molecule has 1 fully saturated rings. The highest BCUT2D eigenvalue weighted by Crippen LogP contribution is 2.32. The van der Waals surface area contributed by atoms with Crippen molar-refractivity contribution in [3.8, 4) is 0 Å². The Morgan fingerprint density at radius 2 is 2.04 bits per heavy atom. The third-order valence-corrected chi connectivity index (χ3v) is 5.52. The Bertz CT molecular complexity index is 867. The molecule has 1 amide bonds. The fourth-order valence-electron chi connectivity index (χ4n) is 3.74. The number of benzene rings is 1. The van der Waals surface area contributed by atoms with Crippen molar-refractivity contribution in [3.63, 3.8) is 0 Å². The molecule has 5 nitrogen and oxygen atoms in total. The fourth-order valence-corrected chi connectivity index (χ4v) is 3.74. The highest BCUT2D eigenvalue weighted by molar-refractivity contribution is 5.97. The molecular weight excluding hydrogens is 314 g/mol. The first-order valence-corrected chi connectivity index (χ1v) is 9.48. The highest BCUT2D eigenvalue weighted by Gasteiger charge is 2.29. The maximum Gasteiger partial charge on any atom is 0.261 e. The monoisotopic (exact) mass is 339 g/mol. The van der Waals surface area contributed by atoms with Gasteiger partial charge in [-0.2, -0.15) is 0 Å². The number of rotatable bonds is 3. The van der Waals surface area contributed by atoms with E-state index in [1.165, 1.54) is 25.7 Å². The van der Waals surface area contributed by atoms with Crippen LogP contribution < -0.4 is 10.9 Å². The second-order valence-electron chi connectivity index (χ2n) is 7.48. The molecule has 0 radical (unpaired) electrons. The molecule has 0 spiro atoms. The summed E-state index contributed by atoms with van der Waals surface area (Å²) in [5.41, 5.74) is 1.26. The van der Waals surface area contributed by atoms with E-state index in [1.54, 1.807) is 18.2 Å². The van der Waals surface area contributed by atoms with Crippen LogP contribution in [0.15, 0.2) is 23.0 Å². The van der Waals surface area contributed by atoms with Crippen molar-refractivity contribution in [2.24, 2.45) is 5.92 Å². The number of amides is 1. The lowest BCUT2D eigenvalue weighted by Gasteiger charge is -2.17. The Kier molecular flexibility index (Phi) is 4.32. The third kappa shape index (κ3) is 3.32. The Hall–Kier alpha value is -2.17. The average molecular weight is 339 g/mol. The van der Waals surface area contributed by atoms with Gasteiger partial charge in [0.25, 0.3) is 11.5 Å². The molecule has 1 aromatic carbocycles. The second kappa shape index (κ2) is 6.62. The van der Waals surface area contributed by atoms with E-state index in [1.807, 2.05) is 4.57 Å². The minimum absolute atomic E-state index is 0.0280. The van der Waals surface area contributed by atoms with Gasteiger partial charge in [-0.1, -0.05) is 12.8 Å². The van der Waals surface area contributed by atoms with Crippen molar-refractivity contribution in [2.75, 3.05) is 0 Å². The standard InChI is InChI=1S/C20H25N3O2/c1-13(14-7-8-14)21-19(24)15-9-10-16-17(12-15)22-18-6-4-2-3-5-11-23(18)20(16)25/h9-10,12-14H,2-8,11H2,1H3,(H,21,24). The number of hydrogen-bond acceptors (Lipinski definition) is 3. The summed E-state index contributed by atoms with van der Waals surface area (Å²) in [6, 6.07) is 5.48. The zero-order valence-corrected chi connectivity index (χ0v) is 14.8. The van der Waals surface area contributed by atoms with Crippen molar-refractivity contribution in [3.05, 3.63) is 39.9 Å². The summed E-state index contributed by atoms with van der Waals surface area (Å²) in [6.07, 6.45) is 7.68. The Balaban J connectivity index is 1.68. The minimum atomic E-state index is -0.0741. The van der Waals surface area contributed by atoms with Gasteiger partial charge in [-0.05, 0) is 56.7 Å². The van der Waals surface area contributed by atoms with E-state index >= 15 is 0 Å². The zero-order chi connectivity index (χ0) is 17.4. The first-order valence-electron chi connectivity index (χ1n) is 9.48. The van der Waals surface area contributed by atoms with Crippen LogP contribution in [0.5, 0.6) is 0 Å². The predicted octanol–water partition coefficient (Wildman–Crippen LogP) is 3.04. The minimum Gasteiger partial charge on any atom is -0.349 e. The summed E-state index contributed by atoms with van der Waals surface area (Å²) >= 11 is 0. The molecule has 0 saturated heterocycles. The van der Waals surface area contributed by atoms with E-state index < -0.39 is 0 Å². The van der Waals surface area contributed by atoms with Gasteiger partial charge in [0.15, 0.2) is 0 Å². The van der Waals surface area contributed by atoms with Gasteiger partial charge < -0.3 is 5.32 Å². The van der Waals surface area contributed by atoms with Crippen LogP contribution in [0.2, 0.25) is 0 Å². The zero-order valence-electron chi connectivity index (χ0n) is 14.8. The van der Waals surface area contributed by atoms with Gasteiger partial charge in [0, 0.05) is 24.6 Å². The fraction of sp³-hybridized carbons (Fsp3) is 0.550. The van der Waals surface area contributed by atoms with Crippen LogP contribution in [0.1, 0.15) is 61.6 Å². The number of nitrogens with zero attached hydrogens (tertiary/aromatic N) is 2. The van der Waals surface area contributed by atoms with Crippen molar-refractivity contribution in [2.45, 2.75) is 64.5 Å². The molecule has 2 aliphatic rings. The molecule has 1 unspecified atom stereocenters. The number of aryl methyl sites for hydroxylation is 1. The van der Waals surface area contributed by atoms with Crippen LogP contribution in [0.25, 0.3) is 10.9 Å². The van der Waals surface area contributed by atoms with E-state index in [0.717, 1.165) is 31.6 Å². The first kappa shape index (κ1) is 16.3. The highest BCUT2D eigenvalue weighted by atomic mass is 16.1. The van der Waals surface area contributed by atoms with E-state index in [9.17, 15) is 9.59 Å². The van der Waals surface area contributed by atoms with Crippen LogP contribution >= 0.6 is 0 Å². The second-order valence-corrected chi connectivity index (χ2v) is 7.48. The lowest BCUT2D eigenvalue weighted by atomic mass is 10.1. The third-order valence-electron chi connectivity index (χ3n) is 5.52. The van der Waals surface area contributed by atoms with Gasteiger partial charge in [0.2, 0.25) is 0 Å². The number of carbonyl (C=O) groups is 1. The lowest BCUT2D eigenvalue weighted by molar-refractivity contribution is 0.0936. The van der Waals surface area contributed by atoms with Gasteiger partial charge >= 0.3 is 0 Å². The van der Waals surface area contributed by atoms with Gasteiger partial charge in [-0.15, -0.1) is 0 Å². The van der Waals surface area contributed by atoms with Crippen LogP contribution in [0.4, 0.5) is 0 Å². The van der Waals surface area contributed by atoms with E-state index in [0.29, 0.717) is 22.4 Å². The SMILES string of the molecule is CC(NC(=O)c1ccc2c(=O)n3c(nc2c1)CCCCCC3)C1CC1. The molecular formula is C20H25N3O2. The molecule has 1 aromatic heterocycles. The molecule has 1 saturated carbocycles. The van der Waals surface area contributed by atoms with Gasteiger partial charge in [-0.25, -0.2) is 4.98 Å². The summed E-state index contributed by atoms with van der Waals surface area (Å²) in [7, 11) is 0. The first-order chi connectivity index (χ1) is 12.1. The molecule has 132 valence electrons. The summed E-state index contributed by atoms with van der Waals surface area (Å²) in [5, 5.41) is 3.68. The average Bonchev–Trinajstić information content (AvgIpc) is 3.41. The molecule has 1 N–H and O–H groups in total. The van der Waals surface area contributed by atoms with Crippen molar-refractivity contribution in [1.82, 2.24) is 14.9 Å². The molecule has 1 atom stereocenters. The van der Waals surface area contributed by atoms with Crippen molar-refractivity contribution < 1.29 is 4.79 Å². The van der Waals surface area contributed by atoms with Crippen molar-refractivity contribution in [1.29, 1.82) is 0 Å². The van der Waals surface area contributed by atoms with Gasteiger partial charge in [0.05, 0.1) is 10.9 Å². The molecule has 5 heteroatoms. The normalized spacial score (nSPS) is 18.9. The Morgan fingerprint density at radius 1 is 1.24 bits per heavy atom. The Morgan fingerprint density at radius 3 is 2.84 bits per heavy atom. The molecule has 0 bridgehead atoms. The smallest absolute Gasteiger partial charge is 0.261 e. The molecule has 2 aromatic rings. The quantitative estimate of drug-likeness (QED) is 0.935. The van der Waals surface area contributed by atoms with Crippen LogP contribution in [-0.4, -0.2) is 21.5 Å². The summed E-state index contributed by atoms with van der Waals surface area (Å²) in [4.78, 5) is 30.0. The van der Waals surface area contributed by atoms with Crippen LogP contribution in [0, 0.1) is 5.92 Å². The topological polar surface area (TPSA) is 64.0 Å². The summed E-state index contributed by atoms with van der Waals surface area (Å²) in [5.74, 6) is 1.41. The van der Waals surface area contributed by atoms with E-state index in [4.69, 9.17) is 4.98 Å². The van der Waals surface area contributed by atoms with Crippen LogP contribution in [0.3, 0.4) is 0 Å². The van der Waals surface area contributed by atoms with Crippen LogP contribution in [-0.2, 0) is 13.0 Å². The summed E-state index contributed by atoms with van der Waals surface area (Å²) < 4.78 is 1.83. The Labute approximate surface area is 147 Å². The number of aromatic nitrogens is 2. The maximum absolute atomic E-state index is 12.8. The molecule has 1 aliphatic heterocycles. The van der Waals surface area contributed by atoms with Crippen molar-refractivity contribution >= 4 is 16.8 Å². The van der Waals surface area contributed by atoms with E-state index in [-0.39, 0.29) is 17.5 Å². The molecule has 4 rings (SSSR count). The number of carbonyl (C=O) groups excluding carboxylic acids is 1. The number of fused-ring (bicyclic) bond motifs is 2.